The summed E-state index contributed by atoms with van der Waals surface area (Å²) >= 11 is 1.77. The Labute approximate surface area is 118 Å². The summed E-state index contributed by atoms with van der Waals surface area (Å²) in [6, 6.07) is 0.0268. The third kappa shape index (κ3) is 3.50. The topological polar surface area (TPSA) is 86.9 Å². The number of rotatable bonds is 6. The normalized spacial score (nSPS) is 20.0. The average Bonchev–Trinajstić information content (AvgIpc) is 2.96. The molecular weight excluding hydrogens is 284 g/mol. The van der Waals surface area contributed by atoms with E-state index in [0.29, 0.717) is 6.54 Å². The van der Waals surface area contributed by atoms with Crippen LogP contribution in [0.25, 0.3) is 0 Å². The van der Waals surface area contributed by atoms with Crippen LogP contribution in [-0.2, 0) is 16.6 Å². The first-order valence-electron chi connectivity index (χ1n) is 6.39. The van der Waals surface area contributed by atoms with Crippen molar-refractivity contribution in [3.63, 3.8) is 0 Å². The van der Waals surface area contributed by atoms with E-state index in [0.717, 1.165) is 35.7 Å². The third-order valence-electron chi connectivity index (χ3n) is 3.09. The number of nitrogens with zero attached hydrogens (tertiary/aromatic N) is 1. The van der Waals surface area contributed by atoms with Crippen molar-refractivity contribution >= 4 is 21.8 Å². The highest BCUT2D eigenvalue weighted by molar-refractivity contribution is 7.99. The lowest BCUT2D eigenvalue weighted by Gasteiger charge is -2.11. The van der Waals surface area contributed by atoms with Gasteiger partial charge in [0.15, 0.2) is 5.03 Å². The maximum absolute atomic E-state index is 12.4. The Hall–Kier alpha value is -0.570. The van der Waals surface area contributed by atoms with Crippen molar-refractivity contribution < 1.29 is 8.42 Å². The fraction of sp³-hybridized carbons (Fsp3) is 0.727. The number of aromatic nitrogens is 2. The number of sulfonamides is 1. The Morgan fingerprint density at radius 2 is 2.32 bits per heavy atom. The first-order chi connectivity index (χ1) is 9.04. The second kappa shape index (κ2) is 6.25. The maximum Gasteiger partial charge on any atom is 0.260 e. The summed E-state index contributed by atoms with van der Waals surface area (Å²) in [7, 11) is -3.53. The lowest BCUT2D eigenvalue weighted by molar-refractivity contribution is 0.556. The molecule has 108 valence electrons. The molecule has 8 heteroatoms. The highest BCUT2D eigenvalue weighted by Gasteiger charge is 2.28. The van der Waals surface area contributed by atoms with Crippen LogP contribution in [0.4, 0.5) is 0 Å². The number of aromatic amines is 1. The summed E-state index contributed by atoms with van der Waals surface area (Å²) in [4.78, 5) is 0. The molecule has 6 nitrogen and oxygen atoms in total. The van der Waals surface area contributed by atoms with Gasteiger partial charge in [0, 0.05) is 29.6 Å². The molecule has 3 N–H and O–H groups in total. The molecule has 1 unspecified atom stereocenters. The van der Waals surface area contributed by atoms with Crippen molar-refractivity contribution in [1.29, 1.82) is 0 Å². The predicted octanol–water partition coefficient (Wildman–Crippen LogP) is 0.611. The molecule has 1 fully saturated rings. The SMILES string of the molecule is CCNCc1c(S(=O)(=O)NC2CCSC2)n[nH]c1C. The van der Waals surface area contributed by atoms with Crippen molar-refractivity contribution in [3.8, 4) is 0 Å². The second-order valence-corrected chi connectivity index (χ2v) is 7.37. The zero-order valence-electron chi connectivity index (χ0n) is 11.2. The molecule has 1 saturated heterocycles. The number of aryl methyl sites for hydroxylation is 1. The largest absolute Gasteiger partial charge is 0.313 e. The van der Waals surface area contributed by atoms with Gasteiger partial charge in [0.1, 0.15) is 0 Å². The predicted molar refractivity (Wildman–Crippen MR) is 76.8 cm³/mol. The smallest absolute Gasteiger partial charge is 0.260 e. The van der Waals surface area contributed by atoms with Gasteiger partial charge >= 0.3 is 0 Å². The molecule has 19 heavy (non-hydrogen) atoms. The van der Waals surface area contributed by atoms with Gasteiger partial charge in [-0.05, 0) is 25.6 Å². The van der Waals surface area contributed by atoms with Crippen LogP contribution in [0, 0.1) is 6.92 Å². The molecule has 1 atom stereocenters. The molecular formula is C11H20N4O2S2. The monoisotopic (exact) mass is 304 g/mol. The molecule has 1 aromatic rings. The van der Waals surface area contributed by atoms with Crippen LogP contribution in [0.5, 0.6) is 0 Å². The van der Waals surface area contributed by atoms with Crippen LogP contribution in [0.2, 0.25) is 0 Å². The van der Waals surface area contributed by atoms with E-state index in [-0.39, 0.29) is 11.1 Å². The molecule has 0 aliphatic carbocycles. The summed E-state index contributed by atoms with van der Waals surface area (Å²) in [5.41, 5.74) is 1.52. The number of nitrogens with one attached hydrogen (secondary N) is 3. The minimum Gasteiger partial charge on any atom is -0.313 e. The third-order valence-corrected chi connectivity index (χ3v) is 5.75. The van der Waals surface area contributed by atoms with Crippen molar-refractivity contribution in [1.82, 2.24) is 20.2 Å². The van der Waals surface area contributed by atoms with Gasteiger partial charge in [0.2, 0.25) is 0 Å². The van der Waals surface area contributed by atoms with Crippen molar-refractivity contribution in [2.45, 2.75) is 37.9 Å². The number of hydrogen-bond acceptors (Lipinski definition) is 5. The Morgan fingerprint density at radius 1 is 1.53 bits per heavy atom. The van der Waals surface area contributed by atoms with E-state index in [1.807, 2.05) is 13.8 Å². The summed E-state index contributed by atoms with van der Waals surface area (Å²) in [5, 5.41) is 9.99. The van der Waals surface area contributed by atoms with Gasteiger partial charge in [-0.25, -0.2) is 13.1 Å². The van der Waals surface area contributed by atoms with Gasteiger partial charge in [-0.15, -0.1) is 0 Å². The Balaban J connectivity index is 2.19. The summed E-state index contributed by atoms with van der Waals surface area (Å²) in [6.45, 7) is 5.12. The Morgan fingerprint density at radius 3 is 2.95 bits per heavy atom. The fourth-order valence-corrected chi connectivity index (χ4v) is 4.74. The van der Waals surface area contributed by atoms with E-state index in [2.05, 4.69) is 20.2 Å². The van der Waals surface area contributed by atoms with Crippen LogP contribution < -0.4 is 10.0 Å². The minimum absolute atomic E-state index is 0.0268. The molecule has 1 aliphatic heterocycles. The quantitative estimate of drug-likeness (QED) is 0.717. The highest BCUT2D eigenvalue weighted by atomic mass is 32.2. The van der Waals surface area contributed by atoms with Crippen LogP contribution >= 0.6 is 11.8 Å². The Bertz CT molecular complexity index is 521. The van der Waals surface area contributed by atoms with Crippen LogP contribution in [0.3, 0.4) is 0 Å². The molecule has 0 aromatic carbocycles. The highest BCUT2D eigenvalue weighted by Crippen LogP contribution is 2.21. The molecule has 0 radical (unpaired) electrons. The standard InChI is InChI=1S/C11H20N4O2S2/c1-3-12-6-10-8(2)13-14-11(10)19(16,17)15-9-4-5-18-7-9/h9,12,15H,3-7H2,1-2H3,(H,13,14). The minimum atomic E-state index is -3.53. The van der Waals surface area contributed by atoms with Gasteiger partial charge in [-0.3, -0.25) is 5.10 Å². The summed E-state index contributed by atoms with van der Waals surface area (Å²) in [5.74, 6) is 1.85. The van der Waals surface area contributed by atoms with Gasteiger partial charge in [-0.1, -0.05) is 6.92 Å². The van der Waals surface area contributed by atoms with E-state index in [1.165, 1.54) is 0 Å². The molecule has 1 aromatic heterocycles. The first kappa shape index (κ1) is 14.8. The van der Waals surface area contributed by atoms with Crippen molar-refractivity contribution in [3.05, 3.63) is 11.3 Å². The van der Waals surface area contributed by atoms with Gasteiger partial charge in [-0.2, -0.15) is 16.9 Å². The van der Waals surface area contributed by atoms with Crippen molar-refractivity contribution in [2.75, 3.05) is 18.1 Å². The van der Waals surface area contributed by atoms with E-state index in [1.54, 1.807) is 11.8 Å². The van der Waals surface area contributed by atoms with E-state index in [4.69, 9.17) is 0 Å². The summed E-state index contributed by atoms with van der Waals surface area (Å²) < 4.78 is 27.5. The zero-order chi connectivity index (χ0) is 13.9. The van der Waals surface area contributed by atoms with Gasteiger partial charge in [0.05, 0.1) is 0 Å². The van der Waals surface area contributed by atoms with Gasteiger partial charge < -0.3 is 5.32 Å². The first-order valence-corrected chi connectivity index (χ1v) is 9.03. The van der Waals surface area contributed by atoms with Crippen molar-refractivity contribution in [2.24, 2.45) is 0 Å². The van der Waals surface area contributed by atoms with E-state index >= 15 is 0 Å². The summed E-state index contributed by atoms with van der Waals surface area (Å²) in [6.07, 6.45) is 0.885. The second-order valence-electron chi connectivity index (χ2n) is 4.59. The Kier molecular flexibility index (Phi) is 4.88. The molecule has 0 saturated carbocycles. The van der Waals surface area contributed by atoms with Crippen LogP contribution in [-0.4, -0.2) is 42.7 Å². The number of thioether (sulfide) groups is 1. The molecule has 0 spiro atoms. The maximum atomic E-state index is 12.4. The lowest BCUT2D eigenvalue weighted by atomic mass is 10.2. The lowest BCUT2D eigenvalue weighted by Crippen LogP contribution is -2.35. The molecule has 2 heterocycles. The zero-order valence-corrected chi connectivity index (χ0v) is 12.8. The van der Waals surface area contributed by atoms with E-state index in [9.17, 15) is 8.42 Å². The number of hydrogen-bond donors (Lipinski definition) is 3. The van der Waals surface area contributed by atoms with Gasteiger partial charge in [0.25, 0.3) is 10.0 Å². The molecule has 1 aliphatic rings. The molecule has 0 amide bonds. The van der Waals surface area contributed by atoms with Crippen LogP contribution in [0.1, 0.15) is 24.6 Å². The van der Waals surface area contributed by atoms with E-state index < -0.39 is 10.0 Å². The number of H-pyrrole nitrogens is 1. The fourth-order valence-electron chi connectivity index (χ4n) is 2.01. The average molecular weight is 304 g/mol. The molecule has 0 bridgehead atoms. The molecule has 2 rings (SSSR count). The van der Waals surface area contributed by atoms with Crippen LogP contribution in [0.15, 0.2) is 5.03 Å².